The van der Waals surface area contributed by atoms with Gasteiger partial charge in [0.2, 0.25) is 0 Å². The van der Waals surface area contributed by atoms with E-state index in [0.717, 1.165) is 34.3 Å². The Kier molecular flexibility index (Phi) is 6.43. The molecule has 150 valence electrons. The summed E-state index contributed by atoms with van der Waals surface area (Å²) < 4.78 is 19.7. The first-order valence-corrected chi connectivity index (χ1v) is 9.79. The first-order chi connectivity index (χ1) is 13.9. The van der Waals surface area contributed by atoms with Crippen molar-refractivity contribution >= 4 is 45.5 Å². The molecule has 1 aliphatic rings. The van der Waals surface area contributed by atoms with Gasteiger partial charge in [-0.25, -0.2) is 14.1 Å². The van der Waals surface area contributed by atoms with Crippen molar-refractivity contribution in [3.05, 3.63) is 63.9 Å². The highest BCUT2D eigenvalue weighted by atomic mass is 79.9. The lowest BCUT2D eigenvalue weighted by atomic mass is 10.1. The molecule has 29 heavy (non-hydrogen) atoms. The topological polar surface area (TPSA) is 75.7 Å². The lowest BCUT2D eigenvalue weighted by Crippen LogP contribution is -2.54. The van der Waals surface area contributed by atoms with Crippen molar-refractivity contribution in [2.45, 2.75) is 19.8 Å². The molecule has 0 unspecified atom stereocenters. The number of halogens is 2. The van der Waals surface area contributed by atoms with Crippen molar-refractivity contribution in [2.24, 2.45) is 0 Å². The lowest BCUT2D eigenvalue weighted by molar-refractivity contribution is -0.122. The summed E-state index contributed by atoms with van der Waals surface area (Å²) in [5.41, 5.74) is 0.440. The molecule has 4 amide bonds. The van der Waals surface area contributed by atoms with Gasteiger partial charge in [0.05, 0.1) is 12.3 Å². The molecule has 0 atom stereocenters. The zero-order valence-electron chi connectivity index (χ0n) is 15.6. The first-order valence-electron chi connectivity index (χ1n) is 9.00. The predicted octanol–water partition coefficient (Wildman–Crippen LogP) is 4.43. The number of hydrogen-bond acceptors (Lipinski definition) is 4. The standard InChI is InChI=1S/C21H18BrFN2O4/c1-2-3-10-29-18-9-4-14(22)11-13(18)12-17-19(26)24-21(28)25(20(17)27)16-7-5-15(23)6-8-16/h4-9,11-12H,2-3,10H2,1H3,(H,24,26,28)/b17-12+. The number of rotatable bonds is 6. The fourth-order valence-electron chi connectivity index (χ4n) is 2.73. The van der Waals surface area contributed by atoms with Gasteiger partial charge in [-0.15, -0.1) is 0 Å². The maximum atomic E-state index is 13.2. The summed E-state index contributed by atoms with van der Waals surface area (Å²) in [5.74, 6) is -1.60. The molecule has 1 fully saturated rings. The van der Waals surface area contributed by atoms with Gasteiger partial charge in [0.1, 0.15) is 17.1 Å². The molecular weight excluding hydrogens is 443 g/mol. The second-order valence-corrected chi connectivity index (χ2v) is 7.23. The third kappa shape index (κ3) is 4.71. The summed E-state index contributed by atoms with van der Waals surface area (Å²) in [4.78, 5) is 38.3. The number of urea groups is 1. The molecular formula is C21H18BrFN2O4. The molecule has 1 heterocycles. The first kappa shape index (κ1) is 20.7. The van der Waals surface area contributed by atoms with E-state index in [1.54, 1.807) is 18.2 Å². The van der Waals surface area contributed by atoms with E-state index in [0.29, 0.717) is 17.9 Å². The Morgan fingerprint density at radius 1 is 1.14 bits per heavy atom. The van der Waals surface area contributed by atoms with Gasteiger partial charge in [-0.05, 0) is 55.0 Å². The molecule has 0 radical (unpaired) electrons. The minimum Gasteiger partial charge on any atom is -0.493 e. The average Bonchev–Trinajstić information content (AvgIpc) is 2.68. The Morgan fingerprint density at radius 3 is 2.55 bits per heavy atom. The highest BCUT2D eigenvalue weighted by Crippen LogP contribution is 2.28. The normalized spacial score (nSPS) is 15.6. The zero-order chi connectivity index (χ0) is 21.0. The molecule has 8 heteroatoms. The van der Waals surface area contributed by atoms with Gasteiger partial charge >= 0.3 is 6.03 Å². The fraction of sp³-hybridized carbons (Fsp3) is 0.190. The van der Waals surface area contributed by atoms with Gasteiger partial charge in [0.25, 0.3) is 11.8 Å². The largest absolute Gasteiger partial charge is 0.493 e. The highest BCUT2D eigenvalue weighted by molar-refractivity contribution is 9.10. The van der Waals surface area contributed by atoms with Crippen LogP contribution >= 0.6 is 15.9 Å². The number of carbonyl (C=O) groups excluding carboxylic acids is 3. The molecule has 1 N–H and O–H groups in total. The number of barbiturate groups is 1. The van der Waals surface area contributed by atoms with Crippen LogP contribution in [0, 0.1) is 5.82 Å². The van der Waals surface area contributed by atoms with Crippen LogP contribution in [0.25, 0.3) is 6.08 Å². The molecule has 0 spiro atoms. The monoisotopic (exact) mass is 460 g/mol. The molecule has 6 nitrogen and oxygen atoms in total. The van der Waals surface area contributed by atoms with Crippen molar-refractivity contribution in [1.29, 1.82) is 0 Å². The van der Waals surface area contributed by atoms with Crippen molar-refractivity contribution in [2.75, 3.05) is 11.5 Å². The molecule has 0 aliphatic carbocycles. The number of nitrogens with one attached hydrogen (secondary N) is 1. The van der Waals surface area contributed by atoms with Gasteiger partial charge in [-0.1, -0.05) is 29.3 Å². The van der Waals surface area contributed by atoms with Crippen LogP contribution < -0.4 is 15.0 Å². The fourth-order valence-corrected chi connectivity index (χ4v) is 3.11. The van der Waals surface area contributed by atoms with Crippen LogP contribution in [0.4, 0.5) is 14.9 Å². The van der Waals surface area contributed by atoms with E-state index in [1.807, 2.05) is 6.92 Å². The minimum atomic E-state index is -0.891. The summed E-state index contributed by atoms with van der Waals surface area (Å²) in [7, 11) is 0. The summed E-state index contributed by atoms with van der Waals surface area (Å²) in [6.45, 7) is 2.54. The minimum absolute atomic E-state index is 0.154. The second-order valence-electron chi connectivity index (χ2n) is 6.32. The Balaban J connectivity index is 1.98. The number of amides is 4. The zero-order valence-corrected chi connectivity index (χ0v) is 17.2. The molecule has 2 aromatic carbocycles. The van der Waals surface area contributed by atoms with Crippen LogP contribution in [0.15, 0.2) is 52.5 Å². The summed E-state index contributed by atoms with van der Waals surface area (Å²) >= 11 is 3.37. The van der Waals surface area contributed by atoms with Crippen LogP contribution in [0.2, 0.25) is 0 Å². The van der Waals surface area contributed by atoms with Crippen molar-refractivity contribution in [3.8, 4) is 5.75 Å². The van der Waals surface area contributed by atoms with E-state index < -0.39 is 23.7 Å². The quantitative estimate of drug-likeness (QED) is 0.392. The Bertz CT molecular complexity index is 989. The van der Waals surface area contributed by atoms with Crippen LogP contribution in [0.1, 0.15) is 25.3 Å². The van der Waals surface area contributed by atoms with Crippen LogP contribution in [0.5, 0.6) is 5.75 Å². The van der Waals surface area contributed by atoms with E-state index in [1.165, 1.54) is 18.2 Å². The van der Waals surface area contributed by atoms with Crippen molar-refractivity contribution in [1.82, 2.24) is 5.32 Å². The van der Waals surface area contributed by atoms with Gasteiger partial charge in [-0.2, -0.15) is 0 Å². The third-order valence-electron chi connectivity index (χ3n) is 4.21. The molecule has 2 aromatic rings. The van der Waals surface area contributed by atoms with E-state index >= 15 is 0 Å². The molecule has 3 rings (SSSR count). The Morgan fingerprint density at radius 2 is 1.86 bits per heavy atom. The van der Waals surface area contributed by atoms with Gasteiger partial charge in [0.15, 0.2) is 0 Å². The number of ether oxygens (including phenoxy) is 1. The van der Waals surface area contributed by atoms with E-state index in [4.69, 9.17) is 4.74 Å². The summed E-state index contributed by atoms with van der Waals surface area (Å²) in [6.07, 6.45) is 3.20. The highest BCUT2D eigenvalue weighted by Gasteiger charge is 2.37. The maximum Gasteiger partial charge on any atom is 0.335 e. The Hall–Kier alpha value is -3.00. The van der Waals surface area contributed by atoms with Crippen LogP contribution in [0.3, 0.4) is 0 Å². The van der Waals surface area contributed by atoms with E-state index in [9.17, 15) is 18.8 Å². The van der Waals surface area contributed by atoms with Gasteiger partial charge in [-0.3, -0.25) is 14.9 Å². The lowest BCUT2D eigenvalue weighted by Gasteiger charge is -2.26. The number of carbonyl (C=O) groups is 3. The van der Waals surface area contributed by atoms with Crippen molar-refractivity contribution in [3.63, 3.8) is 0 Å². The van der Waals surface area contributed by atoms with Crippen LogP contribution in [-0.2, 0) is 9.59 Å². The number of nitrogens with zero attached hydrogens (tertiary/aromatic N) is 1. The van der Waals surface area contributed by atoms with Gasteiger partial charge < -0.3 is 4.74 Å². The number of benzene rings is 2. The van der Waals surface area contributed by atoms with E-state index in [2.05, 4.69) is 21.2 Å². The van der Waals surface area contributed by atoms with Crippen molar-refractivity contribution < 1.29 is 23.5 Å². The molecule has 1 aliphatic heterocycles. The number of anilines is 1. The smallest absolute Gasteiger partial charge is 0.335 e. The van der Waals surface area contributed by atoms with Gasteiger partial charge in [0, 0.05) is 10.0 Å². The molecule has 0 bridgehead atoms. The number of imide groups is 2. The predicted molar refractivity (Wildman–Crippen MR) is 110 cm³/mol. The average molecular weight is 461 g/mol. The summed E-state index contributed by atoms with van der Waals surface area (Å²) in [5, 5.41) is 2.14. The molecule has 0 saturated carbocycles. The number of unbranched alkanes of at least 4 members (excludes halogenated alkanes) is 1. The van der Waals surface area contributed by atoms with E-state index in [-0.39, 0.29) is 11.3 Å². The van der Waals surface area contributed by atoms with Crippen LogP contribution in [-0.4, -0.2) is 24.5 Å². The second kappa shape index (κ2) is 9.00. The maximum absolute atomic E-state index is 13.2. The molecule has 1 saturated heterocycles. The number of hydrogen-bond donors (Lipinski definition) is 1. The SMILES string of the molecule is CCCCOc1ccc(Br)cc1/C=C1\C(=O)NC(=O)N(c2ccc(F)cc2)C1=O. The third-order valence-corrected chi connectivity index (χ3v) is 4.71. The molecule has 0 aromatic heterocycles. The Labute approximate surface area is 175 Å². The summed E-state index contributed by atoms with van der Waals surface area (Å²) in [6, 6.07) is 9.19.